The lowest BCUT2D eigenvalue weighted by molar-refractivity contribution is 0.111. The van der Waals surface area contributed by atoms with Crippen molar-refractivity contribution in [1.82, 2.24) is 5.32 Å². The molecule has 1 atom stereocenters. The van der Waals surface area contributed by atoms with Crippen molar-refractivity contribution in [1.29, 1.82) is 0 Å². The Morgan fingerprint density at radius 2 is 2.45 bits per heavy atom. The van der Waals surface area contributed by atoms with E-state index in [4.69, 9.17) is 11.2 Å². The Labute approximate surface area is 74.1 Å². The minimum Gasteiger partial charge on any atom is -0.377 e. The largest absolute Gasteiger partial charge is 0.377 e. The smallest absolute Gasteiger partial charge is 0.0700 e. The topological polar surface area (TPSA) is 21.3 Å². The monoisotopic (exact) mass is 175 g/mol. The van der Waals surface area contributed by atoms with E-state index in [-0.39, 0.29) is 12.4 Å². The van der Waals surface area contributed by atoms with Gasteiger partial charge < -0.3 is 10.1 Å². The van der Waals surface area contributed by atoms with Crippen molar-refractivity contribution < 1.29 is 4.74 Å². The molecular formula is C8H14ClNO. The molecule has 0 spiro atoms. The van der Waals surface area contributed by atoms with Crippen molar-refractivity contribution in [2.75, 3.05) is 19.7 Å². The average molecular weight is 176 g/mol. The van der Waals surface area contributed by atoms with E-state index in [0.717, 1.165) is 13.2 Å². The first-order valence-electron chi connectivity index (χ1n) is 3.69. The summed E-state index contributed by atoms with van der Waals surface area (Å²) in [4.78, 5) is 0. The maximum absolute atomic E-state index is 5.37. The van der Waals surface area contributed by atoms with Crippen LogP contribution >= 0.6 is 12.4 Å². The van der Waals surface area contributed by atoms with Crippen LogP contribution in [0.5, 0.6) is 0 Å². The third-order valence-electron chi connectivity index (χ3n) is 1.62. The van der Waals surface area contributed by atoms with Gasteiger partial charge in [0.15, 0.2) is 0 Å². The summed E-state index contributed by atoms with van der Waals surface area (Å²) in [6, 6.07) is 0. The third kappa shape index (κ3) is 4.26. The summed E-state index contributed by atoms with van der Waals surface area (Å²) in [7, 11) is 0. The zero-order chi connectivity index (χ0) is 7.23. The summed E-state index contributed by atoms with van der Waals surface area (Å²) in [5.41, 5.74) is 0. The van der Waals surface area contributed by atoms with Crippen molar-refractivity contribution in [2.45, 2.75) is 18.9 Å². The molecule has 1 rings (SSSR count). The van der Waals surface area contributed by atoms with E-state index in [9.17, 15) is 0 Å². The standard InChI is InChI=1S/C8H13NO.ClH/c1-2-5-9-7-8-4-3-6-10-8;/h1,8-9H,3-7H2;1H. The highest BCUT2D eigenvalue weighted by Gasteiger charge is 2.13. The van der Waals surface area contributed by atoms with E-state index in [1.807, 2.05) is 0 Å². The first-order chi connectivity index (χ1) is 4.93. The van der Waals surface area contributed by atoms with Crippen LogP contribution in [0, 0.1) is 12.3 Å². The second-order valence-electron chi connectivity index (χ2n) is 2.47. The van der Waals surface area contributed by atoms with E-state index in [0.29, 0.717) is 12.6 Å². The number of hydrogen-bond donors (Lipinski definition) is 1. The first-order valence-corrected chi connectivity index (χ1v) is 3.69. The van der Waals surface area contributed by atoms with Gasteiger partial charge in [0.25, 0.3) is 0 Å². The van der Waals surface area contributed by atoms with E-state index < -0.39 is 0 Å². The molecule has 2 nitrogen and oxygen atoms in total. The summed E-state index contributed by atoms with van der Waals surface area (Å²) >= 11 is 0. The van der Waals surface area contributed by atoms with Crippen LogP contribution < -0.4 is 5.32 Å². The molecule has 1 aliphatic rings. The van der Waals surface area contributed by atoms with Crippen LogP contribution in [-0.2, 0) is 4.74 Å². The SMILES string of the molecule is C#CCNCC1CCCO1.Cl. The Bertz CT molecular complexity index is 127. The molecule has 0 bridgehead atoms. The molecule has 0 amide bonds. The van der Waals surface area contributed by atoms with Gasteiger partial charge in [-0.2, -0.15) is 0 Å². The molecule has 11 heavy (non-hydrogen) atoms. The van der Waals surface area contributed by atoms with Gasteiger partial charge in [0.05, 0.1) is 12.6 Å². The van der Waals surface area contributed by atoms with Crippen LogP contribution in [0.1, 0.15) is 12.8 Å². The molecule has 1 N–H and O–H groups in total. The highest BCUT2D eigenvalue weighted by atomic mass is 35.5. The normalized spacial score (nSPS) is 22.3. The van der Waals surface area contributed by atoms with Gasteiger partial charge in [-0.3, -0.25) is 0 Å². The summed E-state index contributed by atoms with van der Waals surface area (Å²) in [5.74, 6) is 2.52. The number of rotatable bonds is 3. The molecular weight excluding hydrogens is 162 g/mol. The number of halogens is 1. The molecule has 1 unspecified atom stereocenters. The Balaban J connectivity index is 0.000001000. The maximum Gasteiger partial charge on any atom is 0.0700 e. The van der Waals surface area contributed by atoms with E-state index in [1.165, 1.54) is 12.8 Å². The Hall–Kier alpha value is -0.230. The third-order valence-corrected chi connectivity index (χ3v) is 1.62. The second-order valence-corrected chi connectivity index (χ2v) is 2.47. The lowest BCUT2D eigenvalue weighted by Gasteiger charge is -2.07. The van der Waals surface area contributed by atoms with Crippen LogP contribution in [-0.4, -0.2) is 25.8 Å². The fourth-order valence-electron chi connectivity index (χ4n) is 1.11. The molecule has 0 aromatic rings. The quantitative estimate of drug-likeness (QED) is 0.507. The second kappa shape index (κ2) is 6.48. The van der Waals surface area contributed by atoms with Crippen molar-refractivity contribution in [3.63, 3.8) is 0 Å². The van der Waals surface area contributed by atoms with Crippen LogP contribution in [0.15, 0.2) is 0 Å². The predicted octanol–water partition coefficient (Wildman–Crippen LogP) is 0.810. The number of terminal acetylenes is 1. The van der Waals surface area contributed by atoms with Crippen molar-refractivity contribution in [3.8, 4) is 12.3 Å². The first kappa shape index (κ1) is 10.8. The Morgan fingerprint density at radius 1 is 1.64 bits per heavy atom. The zero-order valence-corrected chi connectivity index (χ0v) is 7.32. The van der Waals surface area contributed by atoms with Gasteiger partial charge in [0.2, 0.25) is 0 Å². The highest BCUT2D eigenvalue weighted by Crippen LogP contribution is 2.09. The molecule has 1 fully saturated rings. The number of hydrogen-bond acceptors (Lipinski definition) is 2. The summed E-state index contributed by atoms with van der Waals surface area (Å²) in [5, 5.41) is 3.12. The van der Waals surface area contributed by atoms with Crippen LogP contribution in [0.25, 0.3) is 0 Å². The lowest BCUT2D eigenvalue weighted by atomic mass is 10.2. The number of ether oxygens (including phenoxy) is 1. The molecule has 0 aliphatic carbocycles. The maximum atomic E-state index is 5.37. The van der Waals surface area contributed by atoms with Gasteiger partial charge in [-0.1, -0.05) is 5.92 Å². The zero-order valence-electron chi connectivity index (χ0n) is 6.51. The molecule has 0 aromatic carbocycles. The molecule has 1 heterocycles. The fraction of sp³-hybridized carbons (Fsp3) is 0.750. The van der Waals surface area contributed by atoms with Crippen molar-refractivity contribution in [2.24, 2.45) is 0 Å². The molecule has 64 valence electrons. The summed E-state index contributed by atoms with van der Waals surface area (Å²) in [6.45, 7) is 2.48. The van der Waals surface area contributed by atoms with E-state index in [1.54, 1.807) is 0 Å². The average Bonchev–Trinajstić information content (AvgIpc) is 2.41. The highest BCUT2D eigenvalue weighted by molar-refractivity contribution is 5.85. The minimum atomic E-state index is 0. The van der Waals surface area contributed by atoms with Crippen LogP contribution in [0.3, 0.4) is 0 Å². The predicted molar refractivity (Wildman–Crippen MR) is 47.9 cm³/mol. The molecule has 0 saturated carbocycles. The lowest BCUT2D eigenvalue weighted by Crippen LogP contribution is -2.26. The minimum absolute atomic E-state index is 0. The molecule has 0 radical (unpaired) electrons. The Kier molecular flexibility index (Phi) is 6.34. The molecule has 0 aromatic heterocycles. The van der Waals surface area contributed by atoms with Gasteiger partial charge in [0.1, 0.15) is 0 Å². The molecule has 1 aliphatic heterocycles. The van der Waals surface area contributed by atoms with E-state index >= 15 is 0 Å². The van der Waals surface area contributed by atoms with Crippen molar-refractivity contribution in [3.05, 3.63) is 0 Å². The summed E-state index contributed by atoms with van der Waals surface area (Å²) in [6.07, 6.45) is 7.85. The van der Waals surface area contributed by atoms with Gasteiger partial charge >= 0.3 is 0 Å². The number of nitrogens with one attached hydrogen (secondary N) is 1. The van der Waals surface area contributed by atoms with Gasteiger partial charge in [0, 0.05) is 13.2 Å². The molecule has 3 heteroatoms. The van der Waals surface area contributed by atoms with Gasteiger partial charge in [-0.25, -0.2) is 0 Å². The molecule has 1 saturated heterocycles. The van der Waals surface area contributed by atoms with Gasteiger partial charge in [-0.15, -0.1) is 18.8 Å². The van der Waals surface area contributed by atoms with Crippen molar-refractivity contribution >= 4 is 12.4 Å². The Morgan fingerprint density at radius 3 is 3.00 bits per heavy atom. The van der Waals surface area contributed by atoms with Crippen LogP contribution in [0.4, 0.5) is 0 Å². The van der Waals surface area contributed by atoms with Gasteiger partial charge in [-0.05, 0) is 12.8 Å². The van der Waals surface area contributed by atoms with Crippen LogP contribution in [0.2, 0.25) is 0 Å². The van der Waals surface area contributed by atoms with E-state index in [2.05, 4.69) is 11.2 Å². The summed E-state index contributed by atoms with van der Waals surface area (Å²) < 4.78 is 5.37. The fourth-order valence-corrected chi connectivity index (χ4v) is 1.11.